The minimum Gasteiger partial charge on any atom is -0.465 e. The summed E-state index contributed by atoms with van der Waals surface area (Å²) in [7, 11) is 1.35. The van der Waals surface area contributed by atoms with E-state index in [1.54, 1.807) is 18.2 Å². The number of ether oxygens (including phenoxy) is 1. The summed E-state index contributed by atoms with van der Waals surface area (Å²) < 4.78 is 4.75. The molecular weight excluding hydrogens is 364 g/mol. The van der Waals surface area contributed by atoms with E-state index in [1.165, 1.54) is 7.11 Å². The van der Waals surface area contributed by atoms with Crippen LogP contribution in [0, 0.1) is 13.8 Å². The summed E-state index contributed by atoms with van der Waals surface area (Å²) in [5.74, 6) is 0.654. The molecular formula is C20H19ClN4O2. The Morgan fingerprint density at radius 2 is 1.85 bits per heavy atom. The molecule has 0 atom stereocenters. The Balaban J connectivity index is 1.85. The lowest BCUT2D eigenvalue weighted by molar-refractivity contribution is 0.0601. The molecule has 0 fully saturated rings. The van der Waals surface area contributed by atoms with Gasteiger partial charge in [0.2, 0.25) is 5.95 Å². The third-order valence-electron chi connectivity index (χ3n) is 3.86. The summed E-state index contributed by atoms with van der Waals surface area (Å²) in [6.45, 7) is 3.87. The second-order valence-electron chi connectivity index (χ2n) is 6.00. The Hall–Kier alpha value is -3.12. The fraction of sp³-hybridized carbons (Fsp3) is 0.150. The van der Waals surface area contributed by atoms with Crippen molar-refractivity contribution in [3.05, 3.63) is 70.4 Å². The molecule has 0 saturated carbocycles. The molecule has 3 aromatic rings. The number of hydrogen-bond donors (Lipinski definition) is 2. The number of hydrogen-bond acceptors (Lipinski definition) is 6. The van der Waals surface area contributed by atoms with Crippen LogP contribution in [0.25, 0.3) is 0 Å². The molecule has 27 heavy (non-hydrogen) atoms. The van der Waals surface area contributed by atoms with Crippen molar-refractivity contribution in [3.8, 4) is 0 Å². The van der Waals surface area contributed by atoms with Crippen molar-refractivity contribution in [1.29, 1.82) is 0 Å². The van der Waals surface area contributed by atoms with Crippen molar-refractivity contribution in [1.82, 2.24) is 9.97 Å². The van der Waals surface area contributed by atoms with Crippen molar-refractivity contribution in [2.45, 2.75) is 13.8 Å². The van der Waals surface area contributed by atoms with Crippen molar-refractivity contribution < 1.29 is 9.53 Å². The Kier molecular flexibility index (Phi) is 5.57. The number of anilines is 4. The van der Waals surface area contributed by atoms with Crippen LogP contribution in [-0.4, -0.2) is 23.0 Å². The third kappa shape index (κ3) is 4.74. The molecule has 3 rings (SSSR count). The normalized spacial score (nSPS) is 10.4. The predicted molar refractivity (Wildman–Crippen MR) is 107 cm³/mol. The quantitative estimate of drug-likeness (QED) is 0.603. The Labute approximate surface area is 162 Å². The van der Waals surface area contributed by atoms with Gasteiger partial charge in [0, 0.05) is 28.2 Å². The van der Waals surface area contributed by atoms with E-state index >= 15 is 0 Å². The second-order valence-corrected chi connectivity index (χ2v) is 6.44. The lowest BCUT2D eigenvalue weighted by atomic mass is 10.2. The summed E-state index contributed by atoms with van der Waals surface area (Å²) in [5, 5.41) is 7.03. The fourth-order valence-electron chi connectivity index (χ4n) is 2.53. The topological polar surface area (TPSA) is 76.1 Å². The lowest BCUT2D eigenvalue weighted by Gasteiger charge is -2.12. The first kappa shape index (κ1) is 18.7. The first-order valence-electron chi connectivity index (χ1n) is 8.29. The number of halogens is 1. The van der Waals surface area contributed by atoms with Gasteiger partial charge < -0.3 is 15.4 Å². The van der Waals surface area contributed by atoms with Crippen molar-refractivity contribution >= 4 is 40.7 Å². The van der Waals surface area contributed by atoms with Gasteiger partial charge in [0.15, 0.2) is 0 Å². The molecule has 0 amide bonds. The monoisotopic (exact) mass is 382 g/mol. The number of aromatic nitrogens is 2. The van der Waals surface area contributed by atoms with E-state index < -0.39 is 5.97 Å². The van der Waals surface area contributed by atoms with Gasteiger partial charge in [-0.2, -0.15) is 4.98 Å². The minimum atomic E-state index is -0.400. The van der Waals surface area contributed by atoms with Crippen LogP contribution in [-0.2, 0) is 4.74 Å². The fourth-order valence-corrected chi connectivity index (χ4v) is 2.70. The highest BCUT2D eigenvalue weighted by Crippen LogP contribution is 2.25. The number of carbonyl (C=O) groups excluding carboxylic acids is 1. The predicted octanol–water partition coefficient (Wildman–Crippen LogP) is 5.02. The van der Waals surface area contributed by atoms with Gasteiger partial charge in [-0.25, -0.2) is 9.78 Å². The molecule has 0 aliphatic heterocycles. The first-order chi connectivity index (χ1) is 12.9. The standard InChI is InChI=1S/C20H19ClN4O2/c1-12-7-8-15(21)11-17(12)24-18-9-13(2)22-20(25-18)23-16-6-4-5-14(10-16)19(26)27-3/h4-11H,1-3H3,(H2,22,23,24,25). The van der Waals surface area contributed by atoms with Gasteiger partial charge >= 0.3 is 5.97 Å². The van der Waals surface area contributed by atoms with Gasteiger partial charge in [-0.05, 0) is 49.7 Å². The van der Waals surface area contributed by atoms with Crippen molar-refractivity contribution in [2.24, 2.45) is 0 Å². The number of rotatable bonds is 5. The minimum absolute atomic E-state index is 0.400. The maximum atomic E-state index is 11.7. The Morgan fingerprint density at radius 3 is 2.63 bits per heavy atom. The van der Waals surface area contributed by atoms with Gasteiger partial charge in [0.25, 0.3) is 0 Å². The molecule has 1 heterocycles. The molecule has 0 bridgehead atoms. The second kappa shape index (κ2) is 8.05. The van der Waals surface area contributed by atoms with Gasteiger partial charge in [0.05, 0.1) is 12.7 Å². The highest BCUT2D eigenvalue weighted by Gasteiger charge is 2.08. The smallest absolute Gasteiger partial charge is 0.337 e. The summed E-state index contributed by atoms with van der Waals surface area (Å²) >= 11 is 6.08. The summed E-state index contributed by atoms with van der Waals surface area (Å²) in [6.07, 6.45) is 0. The number of nitrogens with one attached hydrogen (secondary N) is 2. The van der Waals surface area contributed by atoms with Crippen LogP contribution < -0.4 is 10.6 Å². The van der Waals surface area contributed by atoms with E-state index in [2.05, 4.69) is 20.6 Å². The highest BCUT2D eigenvalue weighted by atomic mass is 35.5. The summed E-state index contributed by atoms with van der Waals surface area (Å²) in [5.41, 5.74) is 3.85. The average Bonchev–Trinajstić information content (AvgIpc) is 2.64. The van der Waals surface area contributed by atoms with Crippen LogP contribution in [0.5, 0.6) is 0 Å². The molecule has 1 aromatic heterocycles. The zero-order valence-electron chi connectivity index (χ0n) is 15.2. The van der Waals surface area contributed by atoms with Crippen LogP contribution in [0.4, 0.5) is 23.1 Å². The van der Waals surface area contributed by atoms with E-state index in [1.807, 2.05) is 44.2 Å². The molecule has 0 aliphatic carbocycles. The number of benzene rings is 2. The van der Waals surface area contributed by atoms with Gasteiger partial charge in [-0.1, -0.05) is 23.7 Å². The van der Waals surface area contributed by atoms with Crippen LogP contribution in [0.3, 0.4) is 0 Å². The number of esters is 1. The van der Waals surface area contributed by atoms with Gasteiger partial charge in [-0.15, -0.1) is 0 Å². The first-order valence-corrected chi connectivity index (χ1v) is 8.66. The van der Waals surface area contributed by atoms with Crippen molar-refractivity contribution in [3.63, 3.8) is 0 Å². The lowest BCUT2D eigenvalue weighted by Crippen LogP contribution is -2.05. The van der Waals surface area contributed by atoms with E-state index in [9.17, 15) is 4.79 Å². The average molecular weight is 383 g/mol. The molecule has 7 heteroatoms. The highest BCUT2D eigenvalue weighted by molar-refractivity contribution is 6.30. The van der Waals surface area contributed by atoms with Crippen molar-refractivity contribution in [2.75, 3.05) is 17.7 Å². The Bertz CT molecular complexity index is 991. The zero-order chi connectivity index (χ0) is 19.4. The van der Waals surface area contributed by atoms with Crippen LogP contribution in [0.2, 0.25) is 5.02 Å². The zero-order valence-corrected chi connectivity index (χ0v) is 16.0. The van der Waals surface area contributed by atoms with E-state index in [0.29, 0.717) is 28.0 Å². The van der Waals surface area contributed by atoms with Gasteiger partial charge in [-0.3, -0.25) is 0 Å². The molecule has 0 unspecified atom stereocenters. The molecule has 0 aliphatic rings. The summed E-state index contributed by atoms with van der Waals surface area (Å²) in [4.78, 5) is 20.6. The SMILES string of the molecule is COC(=O)c1cccc(Nc2nc(C)cc(Nc3cc(Cl)ccc3C)n2)c1. The summed E-state index contributed by atoms with van der Waals surface area (Å²) in [6, 6.07) is 14.4. The molecule has 0 radical (unpaired) electrons. The van der Waals surface area contributed by atoms with Gasteiger partial charge in [0.1, 0.15) is 5.82 Å². The molecule has 138 valence electrons. The molecule has 0 spiro atoms. The van der Waals surface area contributed by atoms with Crippen LogP contribution in [0.15, 0.2) is 48.5 Å². The Morgan fingerprint density at radius 1 is 1.04 bits per heavy atom. The van der Waals surface area contributed by atoms with Crippen LogP contribution >= 0.6 is 11.6 Å². The largest absolute Gasteiger partial charge is 0.465 e. The maximum absolute atomic E-state index is 11.7. The van der Waals surface area contributed by atoms with E-state index in [-0.39, 0.29) is 0 Å². The molecule has 6 nitrogen and oxygen atoms in total. The number of nitrogens with zero attached hydrogens (tertiary/aromatic N) is 2. The molecule has 0 saturated heterocycles. The van der Waals surface area contributed by atoms with E-state index in [4.69, 9.17) is 16.3 Å². The van der Waals surface area contributed by atoms with E-state index in [0.717, 1.165) is 16.9 Å². The number of methoxy groups -OCH3 is 1. The molecule has 2 aromatic carbocycles. The number of carbonyl (C=O) groups is 1. The van der Waals surface area contributed by atoms with Crippen LogP contribution in [0.1, 0.15) is 21.6 Å². The maximum Gasteiger partial charge on any atom is 0.337 e. The number of aryl methyl sites for hydroxylation is 2. The molecule has 2 N–H and O–H groups in total. The third-order valence-corrected chi connectivity index (χ3v) is 4.09.